The first kappa shape index (κ1) is 23.1. The van der Waals surface area contributed by atoms with Crippen LogP contribution in [0.25, 0.3) is 0 Å². The Hall–Kier alpha value is -2.16. The van der Waals surface area contributed by atoms with Gasteiger partial charge >= 0.3 is 0 Å². The van der Waals surface area contributed by atoms with E-state index < -0.39 is 11.8 Å². The maximum absolute atomic E-state index is 12.4. The van der Waals surface area contributed by atoms with Crippen molar-refractivity contribution < 1.29 is 14.3 Å². The van der Waals surface area contributed by atoms with Crippen molar-refractivity contribution in [3.63, 3.8) is 0 Å². The zero-order valence-electron chi connectivity index (χ0n) is 15.9. The SMILES string of the molecule is CC(C)CCOc1ccc(C(=O)NC(=S)NNC(=O)c2ccccc2Cl)cc1Br. The first-order chi connectivity index (χ1) is 13.8. The Labute approximate surface area is 188 Å². The molecular formula is C20H21BrClN3O3S. The van der Waals surface area contributed by atoms with E-state index in [1.807, 2.05) is 0 Å². The van der Waals surface area contributed by atoms with Crippen LogP contribution in [0.15, 0.2) is 46.9 Å². The smallest absolute Gasteiger partial charge is 0.271 e. The summed E-state index contributed by atoms with van der Waals surface area (Å²) in [5.74, 6) is 0.308. The highest BCUT2D eigenvalue weighted by Gasteiger charge is 2.13. The molecule has 0 saturated carbocycles. The molecule has 2 amide bonds. The van der Waals surface area contributed by atoms with Gasteiger partial charge in [-0.05, 0) is 70.8 Å². The molecule has 0 saturated heterocycles. The molecule has 154 valence electrons. The van der Waals surface area contributed by atoms with E-state index >= 15 is 0 Å². The van der Waals surface area contributed by atoms with Gasteiger partial charge in [0.1, 0.15) is 5.75 Å². The first-order valence-corrected chi connectivity index (χ1v) is 10.4. The summed E-state index contributed by atoms with van der Waals surface area (Å²) in [6.07, 6.45) is 0.939. The number of rotatable bonds is 6. The van der Waals surface area contributed by atoms with Gasteiger partial charge in [0.15, 0.2) is 5.11 Å². The predicted octanol–water partition coefficient (Wildman–Crippen LogP) is 4.48. The number of hydrazine groups is 1. The van der Waals surface area contributed by atoms with E-state index in [9.17, 15) is 9.59 Å². The van der Waals surface area contributed by atoms with Gasteiger partial charge in [-0.2, -0.15) is 0 Å². The second kappa shape index (κ2) is 11.1. The molecule has 0 atom stereocenters. The largest absolute Gasteiger partial charge is 0.492 e. The van der Waals surface area contributed by atoms with E-state index in [0.29, 0.717) is 33.3 Å². The molecule has 0 aliphatic rings. The van der Waals surface area contributed by atoms with E-state index in [2.05, 4.69) is 45.9 Å². The highest BCUT2D eigenvalue weighted by Crippen LogP contribution is 2.26. The van der Waals surface area contributed by atoms with Crippen molar-refractivity contribution in [2.45, 2.75) is 20.3 Å². The fourth-order valence-corrected chi connectivity index (χ4v) is 3.06. The molecule has 0 heterocycles. The molecule has 0 aliphatic heterocycles. The molecule has 9 heteroatoms. The number of halogens is 2. The fraction of sp³-hybridized carbons (Fsp3) is 0.250. The van der Waals surface area contributed by atoms with Gasteiger partial charge in [-0.15, -0.1) is 0 Å². The Bertz CT molecular complexity index is 908. The average molecular weight is 499 g/mol. The summed E-state index contributed by atoms with van der Waals surface area (Å²) in [5, 5.41) is 2.75. The van der Waals surface area contributed by atoms with Crippen LogP contribution >= 0.6 is 39.7 Å². The first-order valence-electron chi connectivity index (χ1n) is 8.86. The van der Waals surface area contributed by atoms with E-state index in [0.717, 1.165) is 6.42 Å². The third-order valence-corrected chi connectivity index (χ3v) is 4.94. The minimum absolute atomic E-state index is 0.0521. The molecule has 0 aliphatic carbocycles. The lowest BCUT2D eigenvalue weighted by Gasteiger charge is -2.13. The van der Waals surface area contributed by atoms with Gasteiger partial charge < -0.3 is 4.74 Å². The number of amides is 2. The lowest BCUT2D eigenvalue weighted by Crippen LogP contribution is -2.48. The summed E-state index contributed by atoms with van der Waals surface area (Å²) in [5.41, 5.74) is 5.54. The summed E-state index contributed by atoms with van der Waals surface area (Å²) in [6.45, 7) is 4.85. The van der Waals surface area contributed by atoms with E-state index in [1.54, 1.807) is 42.5 Å². The molecule has 29 heavy (non-hydrogen) atoms. The summed E-state index contributed by atoms with van der Waals surface area (Å²) in [6, 6.07) is 11.6. The molecule has 0 fully saturated rings. The quantitative estimate of drug-likeness (QED) is 0.404. The van der Waals surface area contributed by atoms with Crippen LogP contribution in [0.5, 0.6) is 5.75 Å². The molecule has 2 aromatic rings. The number of carbonyl (C=O) groups is 2. The molecule has 3 N–H and O–H groups in total. The summed E-state index contributed by atoms with van der Waals surface area (Å²) >= 11 is 14.4. The summed E-state index contributed by atoms with van der Waals surface area (Å²) < 4.78 is 6.37. The van der Waals surface area contributed by atoms with Crippen molar-refractivity contribution >= 4 is 56.7 Å². The number of hydrogen-bond donors (Lipinski definition) is 3. The van der Waals surface area contributed by atoms with E-state index in [1.165, 1.54) is 0 Å². The number of benzene rings is 2. The van der Waals surface area contributed by atoms with Crippen LogP contribution < -0.4 is 20.9 Å². The van der Waals surface area contributed by atoms with Crippen molar-refractivity contribution in [1.82, 2.24) is 16.2 Å². The Kier molecular flexibility index (Phi) is 8.88. The van der Waals surface area contributed by atoms with Crippen molar-refractivity contribution in [2.75, 3.05) is 6.61 Å². The highest BCUT2D eigenvalue weighted by atomic mass is 79.9. The highest BCUT2D eigenvalue weighted by molar-refractivity contribution is 9.10. The molecular weight excluding hydrogens is 478 g/mol. The standard InChI is InChI=1S/C20H21BrClN3O3S/c1-12(2)9-10-28-17-8-7-13(11-15(17)21)18(26)23-20(29)25-24-19(27)14-5-3-4-6-16(14)22/h3-8,11-12H,9-10H2,1-2H3,(H,24,27)(H2,23,25,26,29). The van der Waals surface area contributed by atoms with Gasteiger partial charge in [0, 0.05) is 5.56 Å². The van der Waals surface area contributed by atoms with Crippen LogP contribution in [0.2, 0.25) is 5.02 Å². The Morgan fingerprint density at radius 3 is 2.52 bits per heavy atom. The van der Waals surface area contributed by atoms with Crippen LogP contribution in [0.1, 0.15) is 41.0 Å². The number of carbonyl (C=O) groups excluding carboxylic acids is 2. The van der Waals surface area contributed by atoms with Crippen molar-refractivity contribution in [3.8, 4) is 5.75 Å². The second-order valence-corrected chi connectivity index (χ2v) is 8.19. The van der Waals surface area contributed by atoms with Gasteiger partial charge in [-0.1, -0.05) is 37.6 Å². The number of nitrogens with one attached hydrogen (secondary N) is 3. The monoisotopic (exact) mass is 497 g/mol. The van der Waals surface area contributed by atoms with Crippen LogP contribution in [0.3, 0.4) is 0 Å². The lowest BCUT2D eigenvalue weighted by atomic mass is 10.1. The molecule has 6 nitrogen and oxygen atoms in total. The minimum atomic E-state index is -0.474. The Morgan fingerprint density at radius 1 is 1.14 bits per heavy atom. The Balaban J connectivity index is 1.87. The van der Waals surface area contributed by atoms with Crippen LogP contribution in [-0.4, -0.2) is 23.5 Å². The molecule has 0 aromatic heterocycles. The Morgan fingerprint density at radius 2 is 1.86 bits per heavy atom. The van der Waals surface area contributed by atoms with Crippen LogP contribution in [0.4, 0.5) is 0 Å². The van der Waals surface area contributed by atoms with Crippen molar-refractivity contribution in [1.29, 1.82) is 0 Å². The van der Waals surface area contributed by atoms with Gasteiger partial charge in [-0.25, -0.2) is 0 Å². The number of ether oxygens (including phenoxy) is 1. The molecule has 2 rings (SSSR count). The third-order valence-electron chi connectivity index (χ3n) is 3.78. The second-order valence-electron chi connectivity index (χ2n) is 6.52. The van der Waals surface area contributed by atoms with Gasteiger partial charge in [0.2, 0.25) is 0 Å². The minimum Gasteiger partial charge on any atom is -0.492 e. The predicted molar refractivity (Wildman–Crippen MR) is 121 cm³/mol. The van der Waals surface area contributed by atoms with Crippen molar-refractivity contribution in [3.05, 3.63) is 63.1 Å². The van der Waals surface area contributed by atoms with Gasteiger partial charge in [-0.3, -0.25) is 25.8 Å². The van der Waals surface area contributed by atoms with E-state index in [4.69, 9.17) is 28.6 Å². The van der Waals surface area contributed by atoms with E-state index in [-0.39, 0.29) is 10.7 Å². The van der Waals surface area contributed by atoms with Crippen LogP contribution in [0, 0.1) is 5.92 Å². The maximum Gasteiger partial charge on any atom is 0.271 e. The summed E-state index contributed by atoms with van der Waals surface area (Å²) in [7, 11) is 0. The van der Waals surface area contributed by atoms with Gasteiger partial charge in [0.25, 0.3) is 11.8 Å². The topological polar surface area (TPSA) is 79.5 Å². The number of hydrogen-bond acceptors (Lipinski definition) is 4. The maximum atomic E-state index is 12.4. The zero-order chi connectivity index (χ0) is 21.4. The molecule has 2 aromatic carbocycles. The normalized spacial score (nSPS) is 10.4. The van der Waals surface area contributed by atoms with Gasteiger partial charge in [0.05, 0.1) is 21.7 Å². The fourth-order valence-electron chi connectivity index (χ4n) is 2.20. The molecule has 0 unspecified atom stereocenters. The van der Waals surface area contributed by atoms with Crippen molar-refractivity contribution in [2.24, 2.45) is 5.92 Å². The third kappa shape index (κ3) is 7.30. The number of thiocarbonyl (C=S) groups is 1. The molecule has 0 spiro atoms. The molecule has 0 radical (unpaired) electrons. The van der Waals surface area contributed by atoms with Crippen LogP contribution in [-0.2, 0) is 0 Å². The summed E-state index contributed by atoms with van der Waals surface area (Å²) in [4.78, 5) is 24.4. The average Bonchev–Trinajstić information content (AvgIpc) is 2.67. The lowest BCUT2D eigenvalue weighted by molar-refractivity contribution is 0.0934. The zero-order valence-corrected chi connectivity index (χ0v) is 19.1. The molecule has 0 bridgehead atoms.